The third kappa shape index (κ3) is 4.33. The van der Waals surface area contributed by atoms with Gasteiger partial charge in [-0.2, -0.15) is 0 Å². The number of amides is 1. The van der Waals surface area contributed by atoms with Gasteiger partial charge in [0.25, 0.3) is 5.91 Å². The molecule has 1 aromatic rings. The van der Waals surface area contributed by atoms with E-state index in [-0.39, 0.29) is 24.9 Å². The van der Waals surface area contributed by atoms with Crippen molar-refractivity contribution in [2.24, 2.45) is 0 Å². The van der Waals surface area contributed by atoms with E-state index in [9.17, 15) is 9.59 Å². The van der Waals surface area contributed by atoms with Crippen LogP contribution in [0.15, 0.2) is 11.4 Å². The molecule has 1 aromatic heterocycles. The topological polar surface area (TPSA) is 66.8 Å². The highest BCUT2D eigenvalue weighted by Gasteiger charge is 2.22. The molecule has 0 aliphatic carbocycles. The number of nitrogens with zero attached hydrogens (tertiary/aromatic N) is 1. The molecular formula is C13H19NO4S. The first kappa shape index (κ1) is 15.7. The normalized spacial score (nSPS) is 10.7. The summed E-state index contributed by atoms with van der Waals surface area (Å²) in [5.41, 5.74) is 0.846. The number of carbonyl (C=O) groups excluding carboxylic acids is 1. The van der Waals surface area contributed by atoms with Crippen LogP contribution in [0.25, 0.3) is 0 Å². The highest BCUT2D eigenvalue weighted by atomic mass is 32.1. The van der Waals surface area contributed by atoms with Crippen LogP contribution in [0, 0.1) is 0 Å². The van der Waals surface area contributed by atoms with Gasteiger partial charge in [-0.05, 0) is 25.3 Å². The van der Waals surface area contributed by atoms with Gasteiger partial charge in [-0.1, -0.05) is 0 Å². The number of carboxylic acids is 1. The third-order valence-corrected chi connectivity index (χ3v) is 3.64. The Bertz CT molecular complexity index is 442. The molecule has 0 saturated carbocycles. The molecule has 1 amide bonds. The quantitative estimate of drug-likeness (QED) is 0.834. The molecule has 5 nitrogen and oxygen atoms in total. The van der Waals surface area contributed by atoms with Gasteiger partial charge < -0.3 is 14.7 Å². The summed E-state index contributed by atoms with van der Waals surface area (Å²) < 4.78 is 5.06. The van der Waals surface area contributed by atoms with E-state index in [0.717, 1.165) is 5.56 Å². The molecule has 0 saturated heterocycles. The van der Waals surface area contributed by atoms with Gasteiger partial charge in [-0.15, -0.1) is 11.3 Å². The smallest absolute Gasteiger partial charge is 0.305 e. The molecule has 19 heavy (non-hydrogen) atoms. The molecule has 0 spiro atoms. The molecular weight excluding hydrogens is 266 g/mol. The second kappa shape index (κ2) is 7.25. The number of methoxy groups -OCH3 is 1. The first-order chi connectivity index (χ1) is 8.97. The maximum absolute atomic E-state index is 12.4. The van der Waals surface area contributed by atoms with Gasteiger partial charge in [0.2, 0.25) is 0 Å². The number of hydrogen-bond acceptors (Lipinski definition) is 4. The Kier molecular flexibility index (Phi) is 5.98. The van der Waals surface area contributed by atoms with E-state index in [4.69, 9.17) is 9.84 Å². The second-order valence-electron chi connectivity index (χ2n) is 4.44. The van der Waals surface area contributed by atoms with Crippen LogP contribution in [0.4, 0.5) is 0 Å². The summed E-state index contributed by atoms with van der Waals surface area (Å²) in [6, 6.07) is 1.82. The number of carbonyl (C=O) groups is 2. The summed E-state index contributed by atoms with van der Waals surface area (Å²) in [4.78, 5) is 25.3. The van der Waals surface area contributed by atoms with Crippen LogP contribution in [-0.4, -0.2) is 41.6 Å². The standard InChI is InChI=1S/C13H19NO4S/c1-9(2)14(6-4-11(15)16)13(17)12-10(8-18-3)5-7-19-12/h5,7,9H,4,6,8H2,1-3H3,(H,15,16). The van der Waals surface area contributed by atoms with E-state index in [0.29, 0.717) is 11.5 Å². The summed E-state index contributed by atoms with van der Waals surface area (Å²) in [6.45, 7) is 4.36. The maximum Gasteiger partial charge on any atom is 0.305 e. The molecule has 106 valence electrons. The van der Waals surface area contributed by atoms with Crippen LogP contribution < -0.4 is 0 Å². The number of carboxylic acid groups (broad SMARTS) is 1. The number of rotatable bonds is 7. The number of ether oxygens (including phenoxy) is 1. The van der Waals surface area contributed by atoms with E-state index >= 15 is 0 Å². The number of aliphatic carboxylic acids is 1. The molecule has 6 heteroatoms. The van der Waals surface area contributed by atoms with Crippen molar-refractivity contribution in [1.82, 2.24) is 4.90 Å². The summed E-state index contributed by atoms with van der Waals surface area (Å²) in [5, 5.41) is 10.6. The highest BCUT2D eigenvalue weighted by molar-refractivity contribution is 7.12. The molecule has 1 rings (SSSR count). The van der Waals surface area contributed by atoms with Crippen molar-refractivity contribution >= 4 is 23.2 Å². The molecule has 0 aliphatic rings. The van der Waals surface area contributed by atoms with Crippen LogP contribution in [0.2, 0.25) is 0 Å². The first-order valence-corrected chi connectivity index (χ1v) is 6.93. The Morgan fingerprint density at radius 1 is 1.47 bits per heavy atom. The lowest BCUT2D eigenvalue weighted by Gasteiger charge is -2.26. The van der Waals surface area contributed by atoms with Crippen LogP contribution >= 0.6 is 11.3 Å². The first-order valence-electron chi connectivity index (χ1n) is 6.05. The van der Waals surface area contributed by atoms with Gasteiger partial charge in [0.05, 0.1) is 17.9 Å². The van der Waals surface area contributed by atoms with E-state index in [2.05, 4.69) is 0 Å². The number of hydrogen-bond donors (Lipinski definition) is 1. The zero-order valence-electron chi connectivity index (χ0n) is 11.4. The molecule has 0 aliphatic heterocycles. The van der Waals surface area contributed by atoms with Crippen molar-refractivity contribution in [2.45, 2.75) is 32.9 Å². The summed E-state index contributed by atoms with van der Waals surface area (Å²) >= 11 is 1.36. The van der Waals surface area contributed by atoms with Crippen LogP contribution in [0.1, 0.15) is 35.5 Å². The molecule has 0 aromatic carbocycles. The van der Waals surface area contributed by atoms with E-state index in [1.165, 1.54) is 11.3 Å². The molecule has 1 N–H and O–H groups in total. The van der Waals surface area contributed by atoms with Crippen molar-refractivity contribution in [3.63, 3.8) is 0 Å². The van der Waals surface area contributed by atoms with E-state index in [1.807, 2.05) is 25.3 Å². The fourth-order valence-electron chi connectivity index (χ4n) is 1.73. The average molecular weight is 285 g/mol. The summed E-state index contributed by atoms with van der Waals surface area (Å²) in [5.74, 6) is -1.03. The predicted octanol–water partition coefficient (Wildman–Crippen LogP) is 2.22. The van der Waals surface area contributed by atoms with Crippen LogP contribution in [-0.2, 0) is 16.1 Å². The van der Waals surface area contributed by atoms with Crippen LogP contribution in [0.5, 0.6) is 0 Å². The van der Waals surface area contributed by atoms with Gasteiger partial charge in [0.1, 0.15) is 0 Å². The lowest BCUT2D eigenvalue weighted by Crippen LogP contribution is -2.38. The van der Waals surface area contributed by atoms with Crippen molar-refractivity contribution in [1.29, 1.82) is 0 Å². The Balaban J connectivity index is 2.86. The second-order valence-corrected chi connectivity index (χ2v) is 5.36. The minimum absolute atomic E-state index is 0.0376. The van der Waals surface area contributed by atoms with Gasteiger partial charge >= 0.3 is 5.97 Å². The maximum atomic E-state index is 12.4. The minimum atomic E-state index is -0.901. The fraction of sp³-hybridized carbons (Fsp3) is 0.538. The van der Waals surface area contributed by atoms with Crippen molar-refractivity contribution in [2.75, 3.05) is 13.7 Å². The average Bonchev–Trinajstić information content (AvgIpc) is 2.76. The Morgan fingerprint density at radius 2 is 2.16 bits per heavy atom. The Hall–Kier alpha value is -1.40. The van der Waals surface area contributed by atoms with Gasteiger partial charge in [0.15, 0.2) is 0 Å². The van der Waals surface area contributed by atoms with Gasteiger partial charge in [0, 0.05) is 25.3 Å². The largest absolute Gasteiger partial charge is 0.481 e. The Labute approximate surface area is 116 Å². The molecule has 0 unspecified atom stereocenters. The van der Waals surface area contributed by atoms with Crippen molar-refractivity contribution in [3.8, 4) is 0 Å². The third-order valence-electron chi connectivity index (χ3n) is 2.69. The SMILES string of the molecule is COCc1ccsc1C(=O)N(CCC(=O)O)C(C)C. The minimum Gasteiger partial charge on any atom is -0.481 e. The lowest BCUT2D eigenvalue weighted by molar-refractivity contribution is -0.137. The molecule has 1 heterocycles. The molecule has 0 bridgehead atoms. The molecule has 0 radical (unpaired) electrons. The zero-order chi connectivity index (χ0) is 14.4. The van der Waals surface area contributed by atoms with Gasteiger partial charge in [-0.3, -0.25) is 9.59 Å². The molecule has 0 atom stereocenters. The zero-order valence-corrected chi connectivity index (χ0v) is 12.2. The lowest BCUT2D eigenvalue weighted by atomic mass is 10.2. The van der Waals surface area contributed by atoms with Gasteiger partial charge in [-0.25, -0.2) is 0 Å². The monoisotopic (exact) mass is 285 g/mol. The van der Waals surface area contributed by atoms with Crippen molar-refractivity contribution in [3.05, 3.63) is 21.9 Å². The predicted molar refractivity (Wildman–Crippen MR) is 73.5 cm³/mol. The van der Waals surface area contributed by atoms with Crippen molar-refractivity contribution < 1.29 is 19.4 Å². The van der Waals surface area contributed by atoms with E-state index in [1.54, 1.807) is 12.0 Å². The summed E-state index contributed by atoms with van der Waals surface area (Å²) in [6.07, 6.45) is -0.0467. The highest BCUT2D eigenvalue weighted by Crippen LogP contribution is 2.21. The van der Waals surface area contributed by atoms with E-state index < -0.39 is 5.97 Å². The Morgan fingerprint density at radius 3 is 2.68 bits per heavy atom. The van der Waals surface area contributed by atoms with Crippen LogP contribution in [0.3, 0.4) is 0 Å². The number of thiophene rings is 1. The molecule has 0 fully saturated rings. The summed E-state index contributed by atoms with van der Waals surface area (Å²) in [7, 11) is 1.58. The fourth-order valence-corrected chi connectivity index (χ4v) is 2.60.